The van der Waals surface area contributed by atoms with Gasteiger partial charge in [0.05, 0.1) is 5.57 Å². The molecule has 1 N–H and O–H groups in total. The van der Waals surface area contributed by atoms with Gasteiger partial charge in [-0.2, -0.15) is 0 Å². The number of aliphatic hydroxyl groups excluding tert-OH is 1. The van der Waals surface area contributed by atoms with Gasteiger partial charge in [0.25, 0.3) is 0 Å². The summed E-state index contributed by atoms with van der Waals surface area (Å²) >= 11 is 3.41. The lowest BCUT2D eigenvalue weighted by Gasteiger charge is -2.40. The molecule has 1 heterocycles. The number of aryl methyl sites for hydroxylation is 1. The monoisotopic (exact) mass is 338 g/mol. The minimum atomic E-state index is -0.954. The second kappa shape index (κ2) is 4.71. The zero-order valence-electron chi connectivity index (χ0n) is 12.4. The maximum Gasteiger partial charge on any atom is 0.198 e. The SMILES string of the molecule is Cc1cc(Br)ccc1C1=C(O)C(C)(C)OC(C)(C)C1=O. The number of ether oxygens (including phenoxy) is 1. The molecule has 0 atom stereocenters. The van der Waals surface area contributed by atoms with Crippen LogP contribution in [0, 0.1) is 6.92 Å². The van der Waals surface area contributed by atoms with Gasteiger partial charge in [-0.05, 0) is 57.9 Å². The summed E-state index contributed by atoms with van der Waals surface area (Å²) in [7, 11) is 0. The fourth-order valence-corrected chi connectivity index (χ4v) is 3.08. The van der Waals surface area contributed by atoms with Gasteiger partial charge in [0.1, 0.15) is 17.0 Å². The highest BCUT2D eigenvalue weighted by atomic mass is 79.9. The fraction of sp³-hybridized carbons (Fsp3) is 0.438. The quantitative estimate of drug-likeness (QED) is 0.835. The topological polar surface area (TPSA) is 46.5 Å². The molecular formula is C16H19BrO3. The zero-order chi connectivity index (χ0) is 15.3. The average molecular weight is 339 g/mol. The van der Waals surface area contributed by atoms with Gasteiger partial charge in [0, 0.05) is 4.47 Å². The number of hydrogen-bond acceptors (Lipinski definition) is 3. The molecule has 0 bridgehead atoms. The maximum atomic E-state index is 12.6. The smallest absolute Gasteiger partial charge is 0.198 e. The summed E-state index contributed by atoms with van der Waals surface area (Å²) in [6, 6.07) is 5.64. The van der Waals surface area contributed by atoms with Gasteiger partial charge in [-0.1, -0.05) is 22.0 Å². The first kappa shape index (κ1) is 15.3. The highest BCUT2D eigenvalue weighted by Gasteiger charge is 2.47. The molecule has 3 nitrogen and oxygen atoms in total. The lowest BCUT2D eigenvalue weighted by molar-refractivity contribution is -0.158. The van der Waals surface area contributed by atoms with Crippen molar-refractivity contribution in [2.24, 2.45) is 0 Å². The minimum Gasteiger partial charge on any atom is -0.508 e. The number of aliphatic hydroxyl groups is 1. The molecule has 0 saturated carbocycles. The third-order valence-corrected chi connectivity index (χ3v) is 4.04. The van der Waals surface area contributed by atoms with E-state index in [1.165, 1.54) is 0 Å². The lowest BCUT2D eigenvalue weighted by atomic mass is 9.82. The Labute approximate surface area is 127 Å². The Kier molecular flexibility index (Phi) is 3.59. The maximum absolute atomic E-state index is 12.6. The molecule has 1 aliphatic heterocycles. The van der Waals surface area contributed by atoms with Crippen molar-refractivity contribution in [1.29, 1.82) is 0 Å². The molecule has 20 heavy (non-hydrogen) atoms. The van der Waals surface area contributed by atoms with E-state index in [9.17, 15) is 9.90 Å². The first-order valence-corrected chi connectivity index (χ1v) is 7.31. The Balaban J connectivity index is 2.71. The van der Waals surface area contributed by atoms with Gasteiger partial charge in [0.15, 0.2) is 5.78 Å². The van der Waals surface area contributed by atoms with Crippen LogP contribution in [-0.2, 0) is 9.53 Å². The summed E-state index contributed by atoms with van der Waals surface area (Å²) in [5.74, 6) is -0.202. The molecule has 0 amide bonds. The molecule has 1 aromatic rings. The summed E-state index contributed by atoms with van der Waals surface area (Å²) in [6.07, 6.45) is 0. The first-order chi connectivity index (χ1) is 9.06. The molecule has 0 unspecified atom stereocenters. The van der Waals surface area contributed by atoms with Gasteiger partial charge in [-0.25, -0.2) is 0 Å². The van der Waals surface area contributed by atoms with E-state index >= 15 is 0 Å². The molecule has 4 heteroatoms. The Hall–Kier alpha value is -1.13. The molecular weight excluding hydrogens is 320 g/mol. The molecule has 0 fully saturated rings. The first-order valence-electron chi connectivity index (χ1n) is 6.51. The summed E-state index contributed by atoms with van der Waals surface area (Å²) in [6.45, 7) is 8.92. The van der Waals surface area contributed by atoms with Crippen LogP contribution in [0.1, 0.15) is 38.8 Å². The van der Waals surface area contributed by atoms with Gasteiger partial charge in [-0.15, -0.1) is 0 Å². The Morgan fingerprint density at radius 1 is 1.15 bits per heavy atom. The summed E-state index contributed by atoms with van der Waals surface area (Å²) in [5, 5.41) is 10.5. The van der Waals surface area contributed by atoms with Gasteiger partial charge < -0.3 is 9.84 Å². The Bertz CT molecular complexity index is 612. The van der Waals surface area contributed by atoms with Crippen LogP contribution in [0.15, 0.2) is 28.4 Å². The van der Waals surface area contributed by atoms with Crippen molar-refractivity contribution in [2.75, 3.05) is 0 Å². The molecule has 108 valence electrons. The van der Waals surface area contributed by atoms with E-state index in [4.69, 9.17) is 4.74 Å². The third kappa shape index (κ3) is 2.42. The van der Waals surface area contributed by atoms with E-state index < -0.39 is 11.2 Å². The van der Waals surface area contributed by atoms with Crippen molar-refractivity contribution >= 4 is 27.3 Å². The van der Waals surface area contributed by atoms with Crippen LogP contribution in [0.5, 0.6) is 0 Å². The van der Waals surface area contributed by atoms with E-state index in [0.29, 0.717) is 5.57 Å². The Morgan fingerprint density at radius 2 is 1.75 bits per heavy atom. The van der Waals surface area contributed by atoms with Crippen LogP contribution in [0.25, 0.3) is 5.57 Å². The second-order valence-electron chi connectivity index (χ2n) is 6.13. The van der Waals surface area contributed by atoms with Crippen LogP contribution in [0.2, 0.25) is 0 Å². The number of hydrogen-bond donors (Lipinski definition) is 1. The number of benzene rings is 1. The molecule has 0 radical (unpaired) electrons. The van der Waals surface area contributed by atoms with Gasteiger partial charge >= 0.3 is 0 Å². The van der Waals surface area contributed by atoms with Crippen LogP contribution >= 0.6 is 15.9 Å². The standard InChI is InChI=1S/C16H19BrO3/c1-9-8-10(17)6-7-11(9)12-13(18)15(2,3)20-16(4,5)14(12)19/h6-8,18H,1-5H3. The number of halogens is 1. The van der Waals surface area contributed by atoms with Crippen molar-refractivity contribution in [3.8, 4) is 0 Å². The van der Waals surface area contributed by atoms with Crippen molar-refractivity contribution < 1.29 is 14.6 Å². The molecule has 1 aliphatic rings. The van der Waals surface area contributed by atoms with Gasteiger partial charge in [0.2, 0.25) is 0 Å². The third-order valence-electron chi connectivity index (χ3n) is 3.55. The van der Waals surface area contributed by atoms with Crippen molar-refractivity contribution in [3.05, 3.63) is 39.6 Å². The number of ketones is 1. The predicted molar refractivity (Wildman–Crippen MR) is 82.7 cm³/mol. The minimum absolute atomic E-state index is 0.00718. The van der Waals surface area contributed by atoms with Crippen LogP contribution in [0.4, 0.5) is 0 Å². The molecule has 0 spiro atoms. The summed E-state index contributed by atoms with van der Waals surface area (Å²) < 4.78 is 6.68. The van der Waals surface area contributed by atoms with Crippen molar-refractivity contribution in [3.63, 3.8) is 0 Å². The predicted octanol–water partition coefficient (Wildman–Crippen LogP) is 4.18. The van der Waals surface area contributed by atoms with E-state index in [1.807, 2.05) is 25.1 Å². The van der Waals surface area contributed by atoms with Crippen LogP contribution < -0.4 is 0 Å². The second-order valence-corrected chi connectivity index (χ2v) is 7.05. The van der Waals surface area contributed by atoms with Crippen LogP contribution in [0.3, 0.4) is 0 Å². The zero-order valence-corrected chi connectivity index (χ0v) is 14.0. The molecule has 0 aliphatic carbocycles. The summed E-state index contributed by atoms with van der Waals surface area (Å²) in [5.41, 5.74) is 0.204. The summed E-state index contributed by atoms with van der Waals surface area (Å²) in [4.78, 5) is 12.6. The fourth-order valence-electron chi connectivity index (χ4n) is 2.60. The number of Topliss-reactive ketones (excluding diaryl/α,β-unsaturated/α-hetero) is 1. The van der Waals surface area contributed by atoms with E-state index in [-0.39, 0.29) is 11.5 Å². The van der Waals surface area contributed by atoms with Crippen molar-refractivity contribution in [1.82, 2.24) is 0 Å². The highest BCUT2D eigenvalue weighted by molar-refractivity contribution is 9.10. The van der Waals surface area contributed by atoms with E-state index in [0.717, 1.165) is 15.6 Å². The lowest BCUT2D eigenvalue weighted by Crippen LogP contribution is -2.49. The number of carbonyl (C=O) groups excluding carboxylic acids is 1. The number of rotatable bonds is 1. The largest absolute Gasteiger partial charge is 0.508 e. The van der Waals surface area contributed by atoms with Crippen LogP contribution in [-0.4, -0.2) is 22.1 Å². The van der Waals surface area contributed by atoms with E-state index in [2.05, 4.69) is 15.9 Å². The average Bonchev–Trinajstić information content (AvgIpc) is 2.28. The Morgan fingerprint density at radius 3 is 2.30 bits per heavy atom. The molecule has 0 saturated heterocycles. The van der Waals surface area contributed by atoms with Gasteiger partial charge in [-0.3, -0.25) is 4.79 Å². The molecule has 1 aromatic carbocycles. The van der Waals surface area contributed by atoms with E-state index in [1.54, 1.807) is 27.7 Å². The number of carbonyl (C=O) groups is 1. The molecule has 2 rings (SSSR count). The highest BCUT2D eigenvalue weighted by Crippen LogP contribution is 2.40. The van der Waals surface area contributed by atoms with Crippen molar-refractivity contribution in [2.45, 2.75) is 45.8 Å². The normalized spacial score (nSPS) is 21.2. The molecule has 0 aromatic heterocycles.